The van der Waals surface area contributed by atoms with E-state index in [4.69, 9.17) is 28.4 Å². The van der Waals surface area contributed by atoms with Crippen molar-refractivity contribution in [3.8, 4) is 0 Å². The Bertz CT molecular complexity index is 369. The molecule has 6 nitrogen and oxygen atoms in total. The maximum atomic E-state index is 6.06. The molecule has 0 bridgehead atoms. The fourth-order valence-corrected chi connectivity index (χ4v) is 3.15. The summed E-state index contributed by atoms with van der Waals surface area (Å²) in [5.74, 6) is -1.84. The van der Waals surface area contributed by atoms with Gasteiger partial charge in [0.25, 0.3) is 0 Å². The molecule has 0 aromatic heterocycles. The highest BCUT2D eigenvalue weighted by Gasteiger charge is 2.54. The van der Waals surface area contributed by atoms with Crippen LogP contribution in [0, 0.1) is 0 Å². The molecule has 3 heterocycles. The molecule has 0 spiro atoms. The van der Waals surface area contributed by atoms with E-state index in [0.717, 1.165) is 0 Å². The monoisotopic (exact) mass is 302 g/mol. The molecule has 4 atom stereocenters. The average Bonchev–Trinajstić information content (AvgIpc) is 2.94. The lowest BCUT2D eigenvalue weighted by Crippen LogP contribution is -2.45. The minimum Gasteiger partial charge on any atom is -0.348 e. The van der Waals surface area contributed by atoms with Gasteiger partial charge in [-0.05, 0) is 41.5 Å². The Balaban J connectivity index is 1.75. The van der Waals surface area contributed by atoms with Gasteiger partial charge in [0.05, 0.1) is 13.2 Å². The van der Waals surface area contributed by atoms with Gasteiger partial charge >= 0.3 is 0 Å². The molecule has 0 aromatic rings. The predicted octanol–water partition coefficient (Wildman–Crippen LogP) is 1.81. The molecule has 3 rings (SSSR count). The van der Waals surface area contributed by atoms with Gasteiger partial charge in [-0.2, -0.15) is 0 Å². The van der Waals surface area contributed by atoms with E-state index in [2.05, 4.69) is 0 Å². The minimum atomic E-state index is -0.665. The van der Waals surface area contributed by atoms with E-state index in [9.17, 15) is 0 Å². The Labute approximate surface area is 126 Å². The number of rotatable bonds is 2. The SMILES string of the molecule is CC1(C)O[C@@H]([C@H]2COC(C)(C)O2)[C@@H]([C@H]2COC(C)(C)O2)O1. The quantitative estimate of drug-likeness (QED) is 0.775. The summed E-state index contributed by atoms with van der Waals surface area (Å²) in [6, 6.07) is 0. The van der Waals surface area contributed by atoms with E-state index in [-0.39, 0.29) is 24.4 Å². The topological polar surface area (TPSA) is 55.4 Å². The summed E-state index contributed by atoms with van der Waals surface area (Å²) in [5, 5.41) is 0. The maximum Gasteiger partial charge on any atom is 0.164 e. The van der Waals surface area contributed by atoms with Crippen LogP contribution in [0.5, 0.6) is 0 Å². The van der Waals surface area contributed by atoms with Crippen LogP contribution < -0.4 is 0 Å². The summed E-state index contributed by atoms with van der Waals surface area (Å²) in [6.45, 7) is 12.4. The molecule has 0 aromatic carbocycles. The zero-order valence-corrected chi connectivity index (χ0v) is 13.7. The van der Waals surface area contributed by atoms with E-state index in [0.29, 0.717) is 13.2 Å². The molecule has 3 saturated heterocycles. The second-order valence-corrected chi connectivity index (χ2v) is 7.30. The highest BCUT2D eigenvalue weighted by molar-refractivity contribution is 4.96. The molecule has 0 N–H and O–H groups in total. The first kappa shape index (κ1) is 15.6. The van der Waals surface area contributed by atoms with Gasteiger partial charge in [-0.3, -0.25) is 0 Å². The summed E-state index contributed by atoms with van der Waals surface area (Å²) >= 11 is 0. The molecule has 0 aliphatic carbocycles. The molecule has 6 heteroatoms. The van der Waals surface area contributed by atoms with Gasteiger partial charge in [-0.25, -0.2) is 0 Å². The molecule has 122 valence electrons. The lowest BCUT2D eigenvalue weighted by atomic mass is 10.0. The molecular formula is C15H26O6. The third kappa shape index (κ3) is 3.25. The van der Waals surface area contributed by atoms with Crippen molar-refractivity contribution in [3.05, 3.63) is 0 Å². The van der Waals surface area contributed by atoms with E-state index in [1.165, 1.54) is 0 Å². The van der Waals surface area contributed by atoms with E-state index in [1.54, 1.807) is 0 Å². The van der Waals surface area contributed by atoms with Crippen molar-refractivity contribution in [1.29, 1.82) is 0 Å². The van der Waals surface area contributed by atoms with Gasteiger partial charge in [0.15, 0.2) is 17.4 Å². The van der Waals surface area contributed by atoms with Crippen molar-refractivity contribution in [2.75, 3.05) is 13.2 Å². The van der Waals surface area contributed by atoms with Crippen LogP contribution in [-0.4, -0.2) is 55.0 Å². The summed E-state index contributed by atoms with van der Waals surface area (Å²) in [6.07, 6.45) is -0.799. The molecule has 0 unspecified atom stereocenters. The van der Waals surface area contributed by atoms with Crippen LogP contribution in [-0.2, 0) is 28.4 Å². The van der Waals surface area contributed by atoms with Gasteiger partial charge in [0.2, 0.25) is 0 Å². The second-order valence-electron chi connectivity index (χ2n) is 7.30. The minimum absolute atomic E-state index is 0.168. The first-order valence-corrected chi connectivity index (χ1v) is 7.56. The van der Waals surface area contributed by atoms with Crippen LogP contribution in [0.15, 0.2) is 0 Å². The molecule has 21 heavy (non-hydrogen) atoms. The summed E-state index contributed by atoms with van der Waals surface area (Å²) in [4.78, 5) is 0. The molecule has 0 amide bonds. The van der Waals surface area contributed by atoms with Gasteiger partial charge in [-0.1, -0.05) is 0 Å². The van der Waals surface area contributed by atoms with Crippen molar-refractivity contribution >= 4 is 0 Å². The summed E-state index contributed by atoms with van der Waals surface area (Å²) in [7, 11) is 0. The highest BCUT2D eigenvalue weighted by Crippen LogP contribution is 2.39. The first-order chi connectivity index (χ1) is 9.57. The fourth-order valence-electron chi connectivity index (χ4n) is 3.15. The van der Waals surface area contributed by atoms with Crippen molar-refractivity contribution in [2.24, 2.45) is 0 Å². The van der Waals surface area contributed by atoms with Gasteiger partial charge in [0, 0.05) is 0 Å². The zero-order chi connectivity index (χ0) is 15.5. The first-order valence-electron chi connectivity index (χ1n) is 7.56. The van der Waals surface area contributed by atoms with Crippen LogP contribution >= 0.6 is 0 Å². The lowest BCUT2D eigenvalue weighted by Gasteiger charge is -2.26. The normalized spacial score (nSPS) is 44.3. The number of hydrogen-bond acceptors (Lipinski definition) is 6. The molecule has 0 radical (unpaired) electrons. The Morgan fingerprint density at radius 2 is 0.952 bits per heavy atom. The van der Waals surface area contributed by atoms with Gasteiger partial charge < -0.3 is 28.4 Å². The van der Waals surface area contributed by atoms with Crippen molar-refractivity contribution in [2.45, 2.75) is 83.3 Å². The summed E-state index contributed by atoms with van der Waals surface area (Å²) in [5.41, 5.74) is 0. The lowest BCUT2D eigenvalue weighted by molar-refractivity contribution is -0.178. The Hall–Kier alpha value is -0.240. The van der Waals surface area contributed by atoms with E-state index < -0.39 is 17.4 Å². The highest BCUT2D eigenvalue weighted by atomic mass is 16.8. The van der Waals surface area contributed by atoms with Crippen LogP contribution in [0.4, 0.5) is 0 Å². The predicted molar refractivity (Wildman–Crippen MR) is 73.6 cm³/mol. The van der Waals surface area contributed by atoms with Crippen molar-refractivity contribution < 1.29 is 28.4 Å². The fraction of sp³-hybridized carbons (Fsp3) is 1.00. The molecule has 3 aliphatic rings. The van der Waals surface area contributed by atoms with Crippen LogP contribution in [0.2, 0.25) is 0 Å². The molecule has 3 aliphatic heterocycles. The largest absolute Gasteiger partial charge is 0.348 e. The van der Waals surface area contributed by atoms with Gasteiger partial charge in [0.1, 0.15) is 24.4 Å². The van der Waals surface area contributed by atoms with E-state index in [1.807, 2.05) is 41.5 Å². The standard InChI is InChI=1S/C15H26O6/c1-13(2)16-7-9(18-13)11-12(21-15(5,6)20-11)10-8-17-14(3,4)19-10/h9-12H,7-8H2,1-6H3/t9-,10-,11-,12+/m1/s1. The zero-order valence-electron chi connectivity index (χ0n) is 13.7. The summed E-state index contributed by atoms with van der Waals surface area (Å²) < 4.78 is 35.3. The second kappa shape index (κ2) is 4.88. The third-order valence-corrected chi connectivity index (χ3v) is 3.96. The van der Waals surface area contributed by atoms with Crippen LogP contribution in [0.3, 0.4) is 0 Å². The van der Waals surface area contributed by atoms with Crippen LogP contribution in [0.25, 0.3) is 0 Å². The molecular weight excluding hydrogens is 276 g/mol. The molecule has 3 fully saturated rings. The van der Waals surface area contributed by atoms with E-state index >= 15 is 0 Å². The van der Waals surface area contributed by atoms with Crippen molar-refractivity contribution in [1.82, 2.24) is 0 Å². The Kier molecular flexibility index (Phi) is 3.63. The number of ether oxygens (including phenoxy) is 6. The third-order valence-electron chi connectivity index (χ3n) is 3.96. The smallest absolute Gasteiger partial charge is 0.164 e. The Morgan fingerprint density at radius 3 is 1.24 bits per heavy atom. The van der Waals surface area contributed by atoms with Crippen LogP contribution in [0.1, 0.15) is 41.5 Å². The maximum absolute atomic E-state index is 6.06. The van der Waals surface area contributed by atoms with Gasteiger partial charge in [-0.15, -0.1) is 0 Å². The Morgan fingerprint density at radius 1 is 0.571 bits per heavy atom. The van der Waals surface area contributed by atoms with Crippen molar-refractivity contribution in [3.63, 3.8) is 0 Å². The average molecular weight is 302 g/mol. The number of hydrogen-bond donors (Lipinski definition) is 0. The molecule has 0 saturated carbocycles.